The predicted octanol–water partition coefficient (Wildman–Crippen LogP) is 2.78. The van der Waals surface area contributed by atoms with Gasteiger partial charge in [-0.3, -0.25) is 0 Å². The maximum absolute atomic E-state index is 11.3. The van der Waals surface area contributed by atoms with Crippen LogP contribution in [0.3, 0.4) is 0 Å². The molecule has 1 rings (SSSR count). The number of hydrogen-bond donors (Lipinski definition) is 3. The second-order valence-corrected chi connectivity index (χ2v) is 3.87. The number of halogens is 2. The molecule has 98 valence electrons. The first kappa shape index (κ1) is 14.4. The van der Waals surface area contributed by atoms with Crippen molar-refractivity contribution in [3.63, 3.8) is 0 Å². The van der Waals surface area contributed by atoms with Gasteiger partial charge >= 0.3 is 12.1 Å². The fourth-order valence-corrected chi connectivity index (χ4v) is 1.31. The van der Waals surface area contributed by atoms with Crippen LogP contribution in [0.4, 0.5) is 15.3 Å². The molecule has 0 radical (unpaired) electrons. The van der Waals surface area contributed by atoms with Gasteiger partial charge in [-0.25, -0.2) is 20.4 Å². The molecule has 0 fully saturated rings. The van der Waals surface area contributed by atoms with Crippen LogP contribution in [0.25, 0.3) is 0 Å². The highest BCUT2D eigenvalue weighted by atomic mass is 35.5. The molecule has 0 aliphatic rings. The molecule has 0 atom stereocenters. The minimum absolute atomic E-state index is 0.210. The normalized spacial score (nSPS) is 9.50. The Kier molecular flexibility index (Phi) is 5.54. The fraction of sp³-hybridized carbons (Fsp3) is 0.200. The van der Waals surface area contributed by atoms with E-state index < -0.39 is 12.1 Å². The van der Waals surface area contributed by atoms with Crippen LogP contribution in [-0.4, -0.2) is 18.7 Å². The number of carbonyl (C=O) groups is 2. The number of benzene rings is 1. The molecule has 3 amide bonds. The molecule has 0 aliphatic carbocycles. The number of ether oxygens (including phenoxy) is 1. The number of nitrogens with one attached hydrogen (secondary N) is 3. The summed E-state index contributed by atoms with van der Waals surface area (Å²) < 4.78 is 4.55. The van der Waals surface area contributed by atoms with Gasteiger partial charge in [0.15, 0.2) is 0 Å². The molecule has 0 saturated carbocycles. The number of carbonyl (C=O) groups excluding carboxylic acids is 2. The predicted molar refractivity (Wildman–Crippen MR) is 68.8 cm³/mol. The standard InChI is InChI=1S/C10H11Cl2N3O3/c1-2-18-10(17)15-14-9(16)13-6-3-4-7(11)8(12)5-6/h3-5H,2H2,1H3,(H,15,17)(H2,13,14,16). The molecule has 8 heteroatoms. The summed E-state index contributed by atoms with van der Waals surface area (Å²) in [4.78, 5) is 22.2. The molecule has 0 bridgehead atoms. The van der Waals surface area contributed by atoms with E-state index in [9.17, 15) is 9.59 Å². The number of urea groups is 1. The lowest BCUT2D eigenvalue weighted by molar-refractivity contribution is 0.148. The smallest absolute Gasteiger partial charge is 0.426 e. The van der Waals surface area contributed by atoms with Gasteiger partial charge in [0.1, 0.15) is 0 Å². The van der Waals surface area contributed by atoms with Crippen LogP contribution in [0, 0.1) is 0 Å². The Bertz CT molecular complexity index is 454. The first-order valence-electron chi connectivity index (χ1n) is 4.97. The summed E-state index contributed by atoms with van der Waals surface area (Å²) in [5, 5.41) is 3.14. The average molecular weight is 292 g/mol. The SMILES string of the molecule is CCOC(=O)NNC(=O)Nc1ccc(Cl)c(Cl)c1. The van der Waals surface area contributed by atoms with Gasteiger partial charge < -0.3 is 10.1 Å². The van der Waals surface area contributed by atoms with E-state index in [0.29, 0.717) is 15.7 Å². The van der Waals surface area contributed by atoms with Crippen molar-refractivity contribution < 1.29 is 14.3 Å². The van der Waals surface area contributed by atoms with E-state index in [0.717, 1.165) is 0 Å². The van der Waals surface area contributed by atoms with Gasteiger partial charge in [-0.15, -0.1) is 0 Å². The van der Waals surface area contributed by atoms with E-state index in [-0.39, 0.29) is 6.61 Å². The van der Waals surface area contributed by atoms with Gasteiger partial charge in [0.05, 0.1) is 16.7 Å². The van der Waals surface area contributed by atoms with Crippen LogP contribution in [0.5, 0.6) is 0 Å². The summed E-state index contributed by atoms with van der Waals surface area (Å²) in [7, 11) is 0. The van der Waals surface area contributed by atoms with Gasteiger partial charge in [0.2, 0.25) is 0 Å². The highest BCUT2D eigenvalue weighted by Crippen LogP contribution is 2.24. The molecule has 3 N–H and O–H groups in total. The van der Waals surface area contributed by atoms with Crippen LogP contribution in [0.2, 0.25) is 10.0 Å². The number of hydrazine groups is 1. The minimum atomic E-state index is -0.748. The lowest BCUT2D eigenvalue weighted by atomic mass is 10.3. The highest BCUT2D eigenvalue weighted by molar-refractivity contribution is 6.42. The number of amides is 3. The molecule has 0 saturated heterocycles. The summed E-state index contributed by atoms with van der Waals surface area (Å²) in [6.45, 7) is 1.86. The van der Waals surface area contributed by atoms with E-state index in [1.807, 2.05) is 5.43 Å². The van der Waals surface area contributed by atoms with Crippen molar-refractivity contribution in [2.45, 2.75) is 6.92 Å². The van der Waals surface area contributed by atoms with E-state index in [1.165, 1.54) is 12.1 Å². The van der Waals surface area contributed by atoms with Crippen LogP contribution < -0.4 is 16.2 Å². The topological polar surface area (TPSA) is 79.5 Å². The first-order valence-corrected chi connectivity index (χ1v) is 5.73. The summed E-state index contributed by atoms with van der Waals surface area (Å²) >= 11 is 11.5. The third kappa shape index (κ3) is 4.68. The molecule has 1 aromatic carbocycles. The Morgan fingerprint density at radius 3 is 2.56 bits per heavy atom. The minimum Gasteiger partial charge on any atom is -0.449 e. The Hall–Kier alpha value is -1.66. The zero-order valence-corrected chi connectivity index (χ0v) is 10.9. The van der Waals surface area contributed by atoms with Gasteiger partial charge in [0.25, 0.3) is 0 Å². The van der Waals surface area contributed by atoms with Crippen LogP contribution in [0.15, 0.2) is 18.2 Å². The quantitative estimate of drug-likeness (QED) is 0.733. The lowest BCUT2D eigenvalue weighted by Gasteiger charge is -2.09. The third-order valence-corrected chi connectivity index (χ3v) is 2.47. The molecular formula is C10H11Cl2N3O3. The molecule has 0 heterocycles. The monoisotopic (exact) mass is 291 g/mol. The molecule has 6 nitrogen and oxygen atoms in total. The Labute approximate surface area is 114 Å². The Morgan fingerprint density at radius 1 is 1.22 bits per heavy atom. The van der Waals surface area contributed by atoms with Crippen molar-refractivity contribution in [2.24, 2.45) is 0 Å². The highest BCUT2D eigenvalue weighted by Gasteiger charge is 2.05. The van der Waals surface area contributed by atoms with Crippen molar-refractivity contribution in [3.8, 4) is 0 Å². The van der Waals surface area contributed by atoms with Crippen molar-refractivity contribution in [3.05, 3.63) is 28.2 Å². The number of hydrogen-bond acceptors (Lipinski definition) is 3. The molecule has 18 heavy (non-hydrogen) atoms. The van der Waals surface area contributed by atoms with Crippen LogP contribution >= 0.6 is 23.2 Å². The van der Waals surface area contributed by atoms with E-state index >= 15 is 0 Å². The van der Waals surface area contributed by atoms with E-state index in [1.54, 1.807) is 13.0 Å². The summed E-state index contributed by atoms with van der Waals surface area (Å²) in [6.07, 6.45) is -0.748. The summed E-state index contributed by atoms with van der Waals surface area (Å²) in [5.74, 6) is 0. The van der Waals surface area contributed by atoms with E-state index in [4.69, 9.17) is 23.2 Å². The molecule has 0 spiro atoms. The van der Waals surface area contributed by atoms with Gasteiger partial charge in [-0.1, -0.05) is 23.2 Å². The zero-order valence-electron chi connectivity index (χ0n) is 9.42. The number of rotatable bonds is 2. The summed E-state index contributed by atoms with van der Waals surface area (Å²) in [5.41, 5.74) is 4.58. The largest absolute Gasteiger partial charge is 0.449 e. The van der Waals surface area contributed by atoms with Crippen LogP contribution in [0.1, 0.15) is 6.92 Å². The lowest BCUT2D eigenvalue weighted by Crippen LogP contribution is -2.44. The van der Waals surface area contributed by atoms with Crippen molar-refractivity contribution in [1.82, 2.24) is 10.9 Å². The molecular weight excluding hydrogens is 281 g/mol. The van der Waals surface area contributed by atoms with Gasteiger partial charge in [-0.05, 0) is 25.1 Å². The molecule has 0 aromatic heterocycles. The Morgan fingerprint density at radius 2 is 1.94 bits per heavy atom. The maximum Gasteiger partial charge on any atom is 0.426 e. The number of anilines is 1. The molecule has 0 unspecified atom stereocenters. The first-order chi connectivity index (χ1) is 8.52. The van der Waals surface area contributed by atoms with Crippen molar-refractivity contribution in [2.75, 3.05) is 11.9 Å². The van der Waals surface area contributed by atoms with Gasteiger partial charge in [0, 0.05) is 5.69 Å². The molecule has 0 aliphatic heterocycles. The zero-order chi connectivity index (χ0) is 13.5. The third-order valence-electron chi connectivity index (χ3n) is 1.73. The molecule has 1 aromatic rings. The van der Waals surface area contributed by atoms with E-state index in [2.05, 4.69) is 15.5 Å². The maximum atomic E-state index is 11.3. The average Bonchev–Trinajstić information content (AvgIpc) is 2.32. The second-order valence-electron chi connectivity index (χ2n) is 3.05. The summed E-state index contributed by atoms with van der Waals surface area (Å²) in [6, 6.07) is 3.95. The second kappa shape index (κ2) is 6.93. The van der Waals surface area contributed by atoms with Crippen molar-refractivity contribution >= 4 is 41.0 Å². The van der Waals surface area contributed by atoms with Crippen molar-refractivity contribution in [1.29, 1.82) is 0 Å². The van der Waals surface area contributed by atoms with Crippen LogP contribution in [-0.2, 0) is 4.74 Å². The fourth-order valence-electron chi connectivity index (χ4n) is 1.01. The van der Waals surface area contributed by atoms with Gasteiger partial charge in [-0.2, -0.15) is 0 Å². The Balaban J connectivity index is 2.44.